The first-order chi connectivity index (χ1) is 10.8. The standard InChI is InChI=1S/C16H25N3O2S/c1-2-15-17-14(12-22-15)11-18-5-3-4-13(10-18)16(20)19-6-8-21-9-7-19/h12-13H,2-11H2,1H3/t13-/m1/s1. The summed E-state index contributed by atoms with van der Waals surface area (Å²) in [5, 5.41) is 3.36. The molecule has 0 unspecified atom stereocenters. The van der Waals surface area contributed by atoms with Gasteiger partial charge in [-0.2, -0.15) is 0 Å². The van der Waals surface area contributed by atoms with Crippen LogP contribution in [0.5, 0.6) is 0 Å². The van der Waals surface area contributed by atoms with E-state index in [-0.39, 0.29) is 5.92 Å². The number of hydrogen-bond acceptors (Lipinski definition) is 5. The highest BCUT2D eigenvalue weighted by Crippen LogP contribution is 2.22. The van der Waals surface area contributed by atoms with Crippen molar-refractivity contribution in [1.29, 1.82) is 0 Å². The van der Waals surface area contributed by atoms with Gasteiger partial charge in [0, 0.05) is 31.6 Å². The van der Waals surface area contributed by atoms with Crippen LogP contribution in [0.25, 0.3) is 0 Å². The number of hydrogen-bond donors (Lipinski definition) is 0. The van der Waals surface area contributed by atoms with E-state index in [4.69, 9.17) is 4.74 Å². The van der Waals surface area contributed by atoms with Gasteiger partial charge in [0.1, 0.15) is 0 Å². The number of piperidine rings is 1. The molecule has 2 saturated heterocycles. The van der Waals surface area contributed by atoms with Gasteiger partial charge in [-0.05, 0) is 25.8 Å². The number of nitrogens with zero attached hydrogens (tertiary/aromatic N) is 3. The normalized spacial score (nSPS) is 23.7. The Morgan fingerprint density at radius 3 is 2.95 bits per heavy atom. The van der Waals surface area contributed by atoms with Gasteiger partial charge in [0.2, 0.25) is 5.91 Å². The number of carbonyl (C=O) groups is 1. The van der Waals surface area contributed by atoms with E-state index in [0.717, 1.165) is 57.7 Å². The summed E-state index contributed by atoms with van der Waals surface area (Å²) >= 11 is 1.74. The van der Waals surface area contributed by atoms with E-state index in [9.17, 15) is 4.79 Å². The average Bonchev–Trinajstić information content (AvgIpc) is 3.03. The monoisotopic (exact) mass is 323 g/mol. The molecule has 5 nitrogen and oxygen atoms in total. The number of ether oxygens (including phenoxy) is 1. The molecular formula is C16H25N3O2S. The minimum Gasteiger partial charge on any atom is -0.378 e. The number of likely N-dealkylation sites (tertiary alicyclic amines) is 1. The molecule has 0 radical (unpaired) electrons. The Morgan fingerprint density at radius 2 is 2.23 bits per heavy atom. The van der Waals surface area contributed by atoms with Crippen LogP contribution in [0, 0.1) is 5.92 Å². The zero-order chi connectivity index (χ0) is 15.4. The van der Waals surface area contributed by atoms with Crippen molar-refractivity contribution in [2.45, 2.75) is 32.7 Å². The lowest BCUT2D eigenvalue weighted by molar-refractivity contribution is -0.141. The molecule has 2 aliphatic rings. The van der Waals surface area contributed by atoms with Gasteiger partial charge in [0.05, 0.1) is 29.8 Å². The number of amides is 1. The number of aryl methyl sites for hydroxylation is 1. The third kappa shape index (κ3) is 3.86. The van der Waals surface area contributed by atoms with Gasteiger partial charge in [-0.15, -0.1) is 11.3 Å². The highest BCUT2D eigenvalue weighted by Gasteiger charge is 2.30. The van der Waals surface area contributed by atoms with Crippen LogP contribution in [0.15, 0.2) is 5.38 Å². The predicted octanol–water partition coefficient (Wildman–Crippen LogP) is 1.78. The maximum absolute atomic E-state index is 12.6. The van der Waals surface area contributed by atoms with Crippen molar-refractivity contribution in [3.63, 3.8) is 0 Å². The molecule has 6 heteroatoms. The highest BCUT2D eigenvalue weighted by atomic mass is 32.1. The fourth-order valence-corrected chi connectivity index (χ4v) is 3.99. The Hall–Kier alpha value is -0.980. The van der Waals surface area contributed by atoms with Crippen LogP contribution < -0.4 is 0 Å². The lowest BCUT2D eigenvalue weighted by atomic mass is 9.96. The highest BCUT2D eigenvalue weighted by molar-refractivity contribution is 7.09. The Balaban J connectivity index is 1.55. The number of thiazole rings is 1. The van der Waals surface area contributed by atoms with Crippen LogP contribution in [0.3, 0.4) is 0 Å². The molecule has 22 heavy (non-hydrogen) atoms. The quantitative estimate of drug-likeness (QED) is 0.847. The predicted molar refractivity (Wildman–Crippen MR) is 86.9 cm³/mol. The van der Waals surface area contributed by atoms with E-state index in [2.05, 4.69) is 22.2 Å². The Labute approximate surface area is 136 Å². The fraction of sp³-hybridized carbons (Fsp3) is 0.750. The molecule has 0 saturated carbocycles. The average molecular weight is 323 g/mol. The van der Waals surface area contributed by atoms with Crippen LogP contribution in [-0.4, -0.2) is 60.1 Å². The van der Waals surface area contributed by atoms with E-state index in [0.29, 0.717) is 19.1 Å². The number of morpholine rings is 1. The van der Waals surface area contributed by atoms with Crippen molar-refractivity contribution in [1.82, 2.24) is 14.8 Å². The molecule has 0 N–H and O–H groups in total. The van der Waals surface area contributed by atoms with Crippen LogP contribution in [0.1, 0.15) is 30.5 Å². The third-order valence-corrected chi connectivity index (χ3v) is 5.51. The van der Waals surface area contributed by atoms with Gasteiger partial charge in [0.25, 0.3) is 0 Å². The Bertz CT molecular complexity index is 499. The molecular weight excluding hydrogens is 298 g/mol. The minimum absolute atomic E-state index is 0.149. The van der Waals surface area contributed by atoms with Crippen LogP contribution in [-0.2, 0) is 22.5 Å². The van der Waals surface area contributed by atoms with Gasteiger partial charge < -0.3 is 9.64 Å². The molecule has 1 aromatic rings. The van der Waals surface area contributed by atoms with Gasteiger partial charge in [-0.25, -0.2) is 4.98 Å². The van der Waals surface area contributed by atoms with Crippen molar-refractivity contribution in [2.24, 2.45) is 5.92 Å². The maximum Gasteiger partial charge on any atom is 0.227 e. The smallest absolute Gasteiger partial charge is 0.227 e. The lowest BCUT2D eigenvalue weighted by Gasteiger charge is -2.36. The van der Waals surface area contributed by atoms with Gasteiger partial charge in [-0.3, -0.25) is 9.69 Å². The molecule has 1 aromatic heterocycles. The Morgan fingerprint density at radius 1 is 1.41 bits per heavy atom. The summed E-state index contributed by atoms with van der Waals surface area (Å²) in [5.41, 5.74) is 1.15. The first kappa shape index (κ1) is 15.9. The summed E-state index contributed by atoms with van der Waals surface area (Å²) < 4.78 is 5.34. The summed E-state index contributed by atoms with van der Waals surface area (Å²) in [6, 6.07) is 0. The molecule has 3 heterocycles. The van der Waals surface area contributed by atoms with E-state index in [1.54, 1.807) is 11.3 Å². The number of aromatic nitrogens is 1. The van der Waals surface area contributed by atoms with Crippen molar-refractivity contribution in [3.05, 3.63) is 16.1 Å². The van der Waals surface area contributed by atoms with Crippen molar-refractivity contribution < 1.29 is 9.53 Å². The largest absolute Gasteiger partial charge is 0.378 e. The van der Waals surface area contributed by atoms with Crippen LogP contribution in [0.2, 0.25) is 0 Å². The Kier molecular flexibility index (Phi) is 5.44. The number of carbonyl (C=O) groups excluding carboxylic acids is 1. The molecule has 122 valence electrons. The molecule has 3 rings (SSSR count). The minimum atomic E-state index is 0.149. The summed E-state index contributed by atoms with van der Waals surface area (Å²) in [5.74, 6) is 0.469. The second-order valence-corrected chi connectivity index (χ2v) is 7.04. The van der Waals surface area contributed by atoms with E-state index < -0.39 is 0 Å². The van der Waals surface area contributed by atoms with Crippen molar-refractivity contribution in [2.75, 3.05) is 39.4 Å². The molecule has 0 aromatic carbocycles. The lowest BCUT2D eigenvalue weighted by Crippen LogP contribution is -2.48. The van der Waals surface area contributed by atoms with Crippen molar-refractivity contribution >= 4 is 17.2 Å². The fourth-order valence-electron chi connectivity index (χ4n) is 3.26. The summed E-state index contributed by atoms with van der Waals surface area (Å²) in [7, 11) is 0. The topological polar surface area (TPSA) is 45.7 Å². The van der Waals surface area contributed by atoms with Gasteiger partial charge in [-0.1, -0.05) is 6.92 Å². The summed E-state index contributed by atoms with van der Waals surface area (Å²) in [6.45, 7) is 7.83. The second kappa shape index (κ2) is 7.53. The van der Waals surface area contributed by atoms with E-state index >= 15 is 0 Å². The van der Waals surface area contributed by atoms with E-state index in [1.165, 1.54) is 5.01 Å². The molecule has 0 spiro atoms. The zero-order valence-electron chi connectivity index (χ0n) is 13.3. The molecule has 0 aliphatic carbocycles. The first-order valence-corrected chi connectivity index (χ1v) is 9.16. The third-order valence-electron chi connectivity index (χ3n) is 4.46. The summed E-state index contributed by atoms with van der Waals surface area (Å²) in [6.07, 6.45) is 3.12. The second-order valence-electron chi connectivity index (χ2n) is 6.10. The maximum atomic E-state index is 12.6. The molecule has 1 amide bonds. The van der Waals surface area contributed by atoms with Gasteiger partial charge in [0.15, 0.2) is 0 Å². The van der Waals surface area contributed by atoms with Gasteiger partial charge >= 0.3 is 0 Å². The van der Waals surface area contributed by atoms with Crippen LogP contribution >= 0.6 is 11.3 Å². The van der Waals surface area contributed by atoms with Crippen LogP contribution in [0.4, 0.5) is 0 Å². The molecule has 1 atom stereocenters. The molecule has 2 fully saturated rings. The SMILES string of the molecule is CCc1nc(CN2CCC[C@@H](C(=O)N3CCOCC3)C2)cs1. The summed E-state index contributed by atoms with van der Waals surface area (Å²) in [4.78, 5) is 21.7. The molecule has 2 aliphatic heterocycles. The molecule has 0 bridgehead atoms. The van der Waals surface area contributed by atoms with Crippen molar-refractivity contribution in [3.8, 4) is 0 Å². The number of rotatable bonds is 4. The zero-order valence-corrected chi connectivity index (χ0v) is 14.1. The first-order valence-electron chi connectivity index (χ1n) is 8.28. The van der Waals surface area contributed by atoms with E-state index in [1.807, 2.05) is 4.90 Å².